The molecule has 0 fully saturated rings. The molecular weight excluding hydrogens is 254 g/mol. The summed E-state index contributed by atoms with van der Waals surface area (Å²) in [5.74, 6) is 0. The van der Waals surface area contributed by atoms with E-state index >= 15 is 0 Å². The Morgan fingerprint density at radius 2 is 2.11 bits per heavy atom. The Morgan fingerprint density at radius 1 is 1.26 bits per heavy atom. The Bertz CT molecular complexity index is 705. The first-order valence-electron chi connectivity index (χ1n) is 6.22. The zero-order valence-electron chi connectivity index (χ0n) is 10.9. The minimum absolute atomic E-state index is 0.0991. The number of nitrogens with one attached hydrogen (secondary N) is 1. The van der Waals surface area contributed by atoms with Crippen LogP contribution in [-0.4, -0.2) is 17.0 Å². The molecule has 0 saturated carbocycles. The molecule has 0 aliphatic carbocycles. The van der Waals surface area contributed by atoms with E-state index in [-0.39, 0.29) is 6.04 Å². The Hall–Kier alpha value is -1.78. The molecule has 0 spiro atoms. The average Bonchev–Trinajstić information content (AvgIpc) is 2.86. The van der Waals surface area contributed by atoms with Crippen LogP contribution in [-0.2, 0) is 0 Å². The fraction of sp³-hybridized carbons (Fsp3) is 0.200. The van der Waals surface area contributed by atoms with E-state index in [1.54, 1.807) is 11.3 Å². The summed E-state index contributed by atoms with van der Waals surface area (Å²) in [7, 11) is 1.95. The van der Waals surface area contributed by atoms with Crippen molar-refractivity contribution in [1.29, 1.82) is 0 Å². The van der Waals surface area contributed by atoms with Crippen molar-refractivity contribution in [2.45, 2.75) is 13.0 Å². The van der Waals surface area contributed by atoms with Crippen molar-refractivity contribution in [3.05, 3.63) is 58.2 Å². The molecule has 4 heteroatoms. The molecule has 3 nitrogen and oxygen atoms in total. The highest BCUT2D eigenvalue weighted by atomic mass is 32.1. The number of aromatic nitrogens is 2. The van der Waals surface area contributed by atoms with Gasteiger partial charge in [0.15, 0.2) is 0 Å². The highest BCUT2D eigenvalue weighted by molar-refractivity contribution is 7.09. The Kier molecular flexibility index (Phi) is 3.27. The van der Waals surface area contributed by atoms with Crippen LogP contribution in [0.2, 0.25) is 0 Å². The maximum atomic E-state index is 4.57. The zero-order valence-corrected chi connectivity index (χ0v) is 11.7. The zero-order chi connectivity index (χ0) is 13.2. The van der Waals surface area contributed by atoms with Crippen LogP contribution in [0.5, 0.6) is 0 Å². The summed E-state index contributed by atoms with van der Waals surface area (Å²) in [5, 5.41) is 7.67. The number of hydrogen-bond donors (Lipinski definition) is 1. The van der Waals surface area contributed by atoms with Gasteiger partial charge in [0.05, 0.1) is 22.3 Å². The number of para-hydroxylation sites is 1. The van der Waals surface area contributed by atoms with Crippen LogP contribution in [0.4, 0.5) is 0 Å². The van der Waals surface area contributed by atoms with Gasteiger partial charge in [-0.05, 0) is 31.7 Å². The third kappa shape index (κ3) is 2.37. The second kappa shape index (κ2) is 5.07. The van der Waals surface area contributed by atoms with Gasteiger partial charge in [0, 0.05) is 17.0 Å². The number of nitrogens with zero attached hydrogens (tertiary/aromatic N) is 2. The number of thiazole rings is 1. The Balaban J connectivity index is 2.06. The largest absolute Gasteiger partial charge is 0.308 e. The molecule has 0 saturated heterocycles. The van der Waals surface area contributed by atoms with Gasteiger partial charge in [0.2, 0.25) is 0 Å². The molecule has 0 radical (unpaired) electrons. The predicted octanol–water partition coefficient (Wildman–Crippen LogP) is 3.31. The van der Waals surface area contributed by atoms with Crippen molar-refractivity contribution in [2.24, 2.45) is 0 Å². The van der Waals surface area contributed by atoms with Crippen LogP contribution in [0.25, 0.3) is 10.9 Å². The summed E-state index contributed by atoms with van der Waals surface area (Å²) >= 11 is 1.67. The van der Waals surface area contributed by atoms with Crippen molar-refractivity contribution < 1.29 is 0 Å². The lowest BCUT2D eigenvalue weighted by Crippen LogP contribution is -2.18. The van der Waals surface area contributed by atoms with E-state index in [2.05, 4.69) is 32.8 Å². The fourth-order valence-corrected chi connectivity index (χ4v) is 2.88. The second-order valence-corrected chi connectivity index (χ2v) is 5.54. The molecule has 0 aliphatic rings. The molecule has 2 aromatic heterocycles. The van der Waals surface area contributed by atoms with E-state index < -0.39 is 0 Å². The first-order chi connectivity index (χ1) is 9.28. The number of benzene rings is 1. The third-order valence-electron chi connectivity index (χ3n) is 3.17. The summed E-state index contributed by atoms with van der Waals surface area (Å²) in [6, 6.07) is 10.4. The monoisotopic (exact) mass is 269 g/mol. The summed E-state index contributed by atoms with van der Waals surface area (Å²) in [6.07, 6.45) is 1.93. The number of rotatable bonds is 3. The highest BCUT2D eigenvalue weighted by Gasteiger charge is 2.15. The van der Waals surface area contributed by atoms with Gasteiger partial charge in [-0.2, -0.15) is 0 Å². The minimum atomic E-state index is 0.0991. The molecule has 1 aromatic carbocycles. The van der Waals surface area contributed by atoms with Crippen LogP contribution >= 0.6 is 11.3 Å². The maximum absolute atomic E-state index is 4.57. The first-order valence-corrected chi connectivity index (χ1v) is 7.10. The predicted molar refractivity (Wildman–Crippen MR) is 79.5 cm³/mol. The van der Waals surface area contributed by atoms with Gasteiger partial charge in [-0.1, -0.05) is 18.2 Å². The topological polar surface area (TPSA) is 37.8 Å². The van der Waals surface area contributed by atoms with E-state index in [0.717, 1.165) is 27.2 Å². The van der Waals surface area contributed by atoms with Crippen molar-refractivity contribution in [3.8, 4) is 0 Å². The highest BCUT2D eigenvalue weighted by Crippen LogP contribution is 2.24. The fourth-order valence-electron chi connectivity index (χ4n) is 2.24. The molecular formula is C15H15N3S. The normalized spacial score (nSPS) is 12.7. The average molecular weight is 269 g/mol. The molecule has 96 valence electrons. The van der Waals surface area contributed by atoms with E-state index in [1.165, 1.54) is 0 Å². The lowest BCUT2D eigenvalue weighted by Gasteiger charge is -2.14. The van der Waals surface area contributed by atoms with Gasteiger partial charge in [-0.15, -0.1) is 11.3 Å². The summed E-state index contributed by atoms with van der Waals surface area (Å²) in [4.78, 5) is 9.08. The summed E-state index contributed by atoms with van der Waals surface area (Å²) in [6.45, 7) is 2.03. The molecule has 0 aliphatic heterocycles. The van der Waals surface area contributed by atoms with Crippen LogP contribution in [0.3, 0.4) is 0 Å². The first kappa shape index (κ1) is 12.3. The third-order valence-corrected chi connectivity index (χ3v) is 3.96. The van der Waals surface area contributed by atoms with Gasteiger partial charge in [0.25, 0.3) is 0 Å². The molecule has 1 unspecified atom stereocenters. The van der Waals surface area contributed by atoms with Crippen LogP contribution in [0.1, 0.15) is 22.3 Å². The SMILES string of the molecule is CNC(c1cnc2ccccc2c1)c1csc(C)n1. The van der Waals surface area contributed by atoms with E-state index in [4.69, 9.17) is 0 Å². The van der Waals surface area contributed by atoms with Crippen LogP contribution < -0.4 is 5.32 Å². The molecule has 3 aromatic rings. The van der Waals surface area contributed by atoms with Crippen molar-refractivity contribution >= 4 is 22.2 Å². The number of aryl methyl sites for hydroxylation is 1. The molecule has 3 rings (SSSR count). The summed E-state index contributed by atoms with van der Waals surface area (Å²) in [5.41, 5.74) is 3.23. The van der Waals surface area contributed by atoms with Gasteiger partial charge in [-0.25, -0.2) is 4.98 Å². The summed E-state index contributed by atoms with van der Waals surface area (Å²) < 4.78 is 0. The maximum Gasteiger partial charge on any atom is 0.0898 e. The van der Waals surface area contributed by atoms with E-state index in [9.17, 15) is 0 Å². The Labute approximate surface area is 116 Å². The Morgan fingerprint density at radius 3 is 2.84 bits per heavy atom. The molecule has 1 N–H and O–H groups in total. The molecule has 0 bridgehead atoms. The second-order valence-electron chi connectivity index (χ2n) is 4.47. The van der Waals surface area contributed by atoms with Crippen molar-refractivity contribution in [2.75, 3.05) is 7.05 Å². The van der Waals surface area contributed by atoms with Gasteiger partial charge in [0.1, 0.15) is 0 Å². The molecule has 2 heterocycles. The van der Waals surface area contributed by atoms with Crippen molar-refractivity contribution in [1.82, 2.24) is 15.3 Å². The smallest absolute Gasteiger partial charge is 0.0898 e. The molecule has 19 heavy (non-hydrogen) atoms. The van der Waals surface area contributed by atoms with Gasteiger partial charge < -0.3 is 5.32 Å². The van der Waals surface area contributed by atoms with Gasteiger partial charge >= 0.3 is 0 Å². The van der Waals surface area contributed by atoms with E-state index in [0.29, 0.717) is 0 Å². The minimum Gasteiger partial charge on any atom is -0.308 e. The number of hydrogen-bond acceptors (Lipinski definition) is 4. The lowest BCUT2D eigenvalue weighted by atomic mass is 10.0. The van der Waals surface area contributed by atoms with E-state index in [1.807, 2.05) is 38.4 Å². The number of pyridine rings is 1. The van der Waals surface area contributed by atoms with Crippen LogP contribution in [0, 0.1) is 6.92 Å². The molecule has 0 amide bonds. The molecule has 1 atom stereocenters. The number of fused-ring (bicyclic) bond motifs is 1. The quantitative estimate of drug-likeness (QED) is 0.792. The van der Waals surface area contributed by atoms with Crippen LogP contribution in [0.15, 0.2) is 41.9 Å². The van der Waals surface area contributed by atoms with Gasteiger partial charge in [-0.3, -0.25) is 4.98 Å². The van der Waals surface area contributed by atoms with Crippen molar-refractivity contribution in [3.63, 3.8) is 0 Å². The standard InChI is InChI=1S/C15H15N3S/c1-10-18-14(9-19-10)15(16-2)12-7-11-5-3-4-6-13(11)17-8-12/h3-9,15-16H,1-2H3. The lowest BCUT2D eigenvalue weighted by molar-refractivity contribution is 0.672.